The van der Waals surface area contributed by atoms with Crippen LogP contribution in [0.15, 0.2) is 33.2 Å². The van der Waals surface area contributed by atoms with Crippen molar-refractivity contribution < 1.29 is 18.5 Å². The Bertz CT molecular complexity index is 894. The van der Waals surface area contributed by atoms with Crippen molar-refractivity contribution in [2.24, 2.45) is 0 Å². The Labute approximate surface area is 138 Å². The van der Waals surface area contributed by atoms with E-state index < -0.39 is 0 Å². The van der Waals surface area contributed by atoms with E-state index in [9.17, 15) is 4.79 Å². The van der Waals surface area contributed by atoms with E-state index in [1.165, 1.54) is 18.4 Å². The molecule has 6 heteroatoms. The first-order chi connectivity index (χ1) is 11.7. The van der Waals surface area contributed by atoms with Crippen LogP contribution in [0.1, 0.15) is 29.9 Å². The van der Waals surface area contributed by atoms with Crippen molar-refractivity contribution in [3.05, 3.63) is 41.3 Å². The fourth-order valence-electron chi connectivity index (χ4n) is 3.08. The molecule has 1 aliphatic carbocycles. The molecule has 4 rings (SSSR count). The number of ether oxygens (including phenoxy) is 1. The summed E-state index contributed by atoms with van der Waals surface area (Å²) in [6.45, 7) is 1.68. The van der Waals surface area contributed by atoms with Gasteiger partial charge < -0.3 is 19.0 Å². The maximum Gasteiger partial charge on any atom is 0.263 e. The highest BCUT2D eigenvalue weighted by molar-refractivity contribution is 5.91. The zero-order chi connectivity index (χ0) is 16.5. The minimum atomic E-state index is -0.280. The van der Waals surface area contributed by atoms with E-state index in [2.05, 4.69) is 10.5 Å². The van der Waals surface area contributed by atoms with Crippen LogP contribution in [0, 0.1) is 6.92 Å². The van der Waals surface area contributed by atoms with Gasteiger partial charge in [-0.15, -0.1) is 0 Å². The van der Waals surface area contributed by atoms with Gasteiger partial charge in [0.05, 0.1) is 0 Å². The van der Waals surface area contributed by atoms with Crippen LogP contribution in [-0.4, -0.2) is 17.7 Å². The Morgan fingerprint density at radius 1 is 1.29 bits per heavy atom. The monoisotopic (exact) mass is 326 g/mol. The second-order valence-electron chi connectivity index (χ2n) is 6.03. The average molecular weight is 326 g/mol. The lowest BCUT2D eigenvalue weighted by molar-refractivity contribution is -0.118. The lowest BCUT2D eigenvalue weighted by Crippen LogP contribution is -2.20. The summed E-state index contributed by atoms with van der Waals surface area (Å²) >= 11 is 0. The van der Waals surface area contributed by atoms with Gasteiger partial charge >= 0.3 is 0 Å². The normalized spacial score (nSPS) is 13.7. The van der Waals surface area contributed by atoms with Crippen molar-refractivity contribution in [3.8, 4) is 5.75 Å². The molecular formula is C18H18N2O4. The molecule has 124 valence electrons. The Morgan fingerprint density at radius 2 is 2.17 bits per heavy atom. The summed E-state index contributed by atoms with van der Waals surface area (Å²) in [5.41, 5.74) is 2.17. The van der Waals surface area contributed by atoms with Gasteiger partial charge in [-0.1, -0.05) is 5.16 Å². The van der Waals surface area contributed by atoms with E-state index in [1.807, 2.05) is 18.2 Å². The van der Waals surface area contributed by atoms with Crippen LogP contribution < -0.4 is 10.1 Å². The second kappa shape index (κ2) is 6.03. The second-order valence-corrected chi connectivity index (χ2v) is 6.03. The van der Waals surface area contributed by atoms with Gasteiger partial charge in [0.25, 0.3) is 5.91 Å². The van der Waals surface area contributed by atoms with Crippen LogP contribution in [0.2, 0.25) is 0 Å². The number of amides is 1. The molecule has 1 aliphatic rings. The third-order valence-corrected chi connectivity index (χ3v) is 4.19. The van der Waals surface area contributed by atoms with Gasteiger partial charge in [-0.05, 0) is 44.4 Å². The number of benzene rings is 1. The number of aryl methyl sites for hydroxylation is 3. The van der Waals surface area contributed by atoms with Crippen LogP contribution in [0.4, 0.5) is 5.82 Å². The molecule has 0 radical (unpaired) electrons. The molecule has 0 atom stereocenters. The summed E-state index contributed by atoms with van der Waals surface area (Å²) < 4.78 is 16.4. The predicted octanol–water partition coefficient (Wildman–Crippen LogP) is 3.63. The number of aromatic nitrogens is 1. The van der Waals surface area contributed by atoms with Gasteiger partial charge in [-0.2, -0.15) is 0 Å². The van der Waals surface area contributed by atoms with Crippen molar-refractivity contribution in [1.82, 2.24) is 5.16 Å². The van der Waals surface area contributed by atoms with Crippen LogP contribution in [0.3, 0.4) is 0 Å². The van der Waals surface area contributed by atoms with Crippen molar-refractivity contribution in [3.63, 3.8) is 0 Å². The Morgan fingerprint density at radius 3 is 3.00 bits per heavy atom. The molecule has 2 aromatic heterocycles. The number of furan rings is 1. The van der Waals surface area contributed by atoms with E-state index >= 15 is 0 Å². The van der Waals surface area contributed by atoms with Gasteiger partial charge in [0.15, 0.2) is 12.4 Å². The third-order valence-electron chi connectivity index (χ3n) is 4.19. The molecule has 6 nitrogen and oxygen atoms in total. The lowest BCUT2D eigenvalue weighted by Gasteiger charge is -2.09. The number of nitrogens with one attached hydrogen (secondary N) is 1. The van der Waals surface area contributed by atoms with Gasteiger partial charge in [0.1, 0.15) is 22.9 Å². The zero-order valence-corrected chi connectivity index (χ0v) is 13.4. The van der Waals surface area contributed by atoms with E-state index in [1.54, 1.807) is 13.0 Å². The number of carbonyl (C=O) groups is 1. The predicted molar refractivity (Wildman–Crippen MR) is 88.2 cm³/mol. The number of nitrogens with zero attached hydrogens (tertiary/aromatic N) is 1. The number of rotatable bonds is 4. The molecule has 0 spiro atoms. The van der Waals surface area contributed by atoms with E-state index in [-0.39, 0.29) is 12.5 Å². The zero-order valence-electron chi connectivity index (χ0n) is 13.4. The summed E-state index contributed by atoms with van der Waals surface area (Å²) in [5, 5.41) is 7.44. The highest BCUT2D eigenvalue weighted by Gasteiger charge is 2.18. The topological polar surface area (TPSA) is 77.5 Å². The number of hydrogen-bond acceptors (Lipinski definition) is 5. The van der Waals surface area contributed by atoms with E-state index in [4.69, 9.17) is 13.7 Å². The molecule has 0 fully saturated rings. The van der Waals surface area contributed by atoms with Crippen molar-refractivity contribution in [1.29, 1.82) is 0 Å². The highest BCUT2D eigenvalue weighted by Crippen LogP contribution is 2.33. The smallest absolute Gasteiger partial charge is 0.263 e. The summed E-state index contributed by atoms with van der Waals surface area (Å²) in [6, 6.07) is 7.34. The number of carbonyl (C=O) groups excluding carboxylic acids is 1. The first-order valence-corrected chi connectivity index (χ1v) is 8.09. The highest BCUT2D eigenvalue weighted by atomic mass is 16.5. The largest absolute Gasteiger partial charge is 0.484 e. The van der Waals surface area contributed by atoms with Gasteiger partial charge in [0, 0.05) is 23.4 Å². The molecule has 3 aromatic rings. The minimum absolute atomic E-state index is 0.0859. The minimum Gasteiger partial charge on any atom is -0.484 e. The molecule has 1 N–H and O–H groups in total. The standard InChI is InChI=1S/C18H18N2O4/c1-11-8-17(20-24-11)19-18(21)10-22-12-6-7-16-14(9-12)13-4-2-3-5-15(13)23-16/h6-9H,2-5,10H2,1H3,(H,19,20,21). The Hall–Kier alpha value is -2.76. The van der Waals surface area contributed by atoms with E-state index in [0.29, 0.717) is 17.3 Å². The third kappa shape index (κ3) is 2.87. The maximum atomic E-state index is 11.9. The summed E-state index contributed by atoms with van der Waals surface area (Å²) in [4.78, 5) is 11.9. The van der Waals surface area contributed by atoms with Crippen LogP contribution in [0.25, 0.3) is 11.0 Å². The fourth-order valence-corrected chi connectivity index (χ4v) is 3.08. The first-order valence-electron chi connectivity index (χ1n) is 8.09. The molecule has 1 amide bonds. The van der Waals surface area contributed by atoms with Crippen LogP contribution in [-0.2, 0) is 17.6 Å². The van der Waals surface area contributed by atoms with Crippen molar-refractivity contribution >= 4 is 22.7 Å². The van der Waals surface area contributed by atoms with Gasteiger partial charge in [0.2, 0.25) is 0 Å². The number of hydrogen-bond donors (Lipinski definition) is 1. The fraction of sp³-hybridized carbons (Fsp3) is 0.333. The molecular weight excluding hydrogens is 308 g/mol. The summed E-state index contributed by atoms with van der Waals surface area (Å²) in [7, 11) is 0. The van der Waals surface area contributed by atoms with Gasteiger partial charge in [-0.3, -0.25) is 4.79 Å². The Balaban J connectivity index is 1.45. The lowest BCUT2D eigenvalue weighted by atomic mass is 9.96. The molecule has 24 heavy (non-hydrogen) atoms. The number of fused-ring (bicyclic) bond motifs is 3. The molecule has 2 heterocycles. The molecule has 1 aromatic carbocycles. The summed E-state index contributed by atoms with van der Waals surface area (Å²) in [6.07, 6.45) is 4.40. The SMILES string of the molecule is Cc1cc(NC(=O)COc2ccc3oc4c(c3c2)CCCC4)no1. The van der Waals surface area contributed by atoms with Gasteiger partial charge in [-0.25, -0.2) is 0 Å². The van der Waals surface area contributed by atoms with E-state index in [0.717, 1.165) is 29.6 Å². The molecule has 0 aliphatic heterocycles. The molecule has 0 saturated carbocycles. The quantitative estimate of drug-likeness (QED) is 0.792. The van der Waals surface area contributed by atoms with Crippen LogP contribution in [0.5, 0.6) is 5.75 Å². The first kappa shape index (κ1) is 14.8. The maximum absolute atomic E-state index is 11.9. The van der Waals surface area contributed by atoms with Crippen LogP contribution >= 0.6 is 0 Å². The average Bonchev–Trinajstić information content (AvgIpc) is 3.16. The molecule has 0 saturated heterocycles. The number of anilines is 1. The Kier molecular flexibility index (Phi) is 3.72. The molecule has 0 bridgehead atoms. The molecule has 0 unspecified atom stereocenters. The van der Waals surface area contributed by atoms with Crippen molar-refractivity contribution in [2.75, 3.05) is 11.9 Å². The van der Waals surface area contributed by atoms with Crippen molar-refractivity contribution in [2.45, 2.75) is 32.6 Å². The summed E-state index contributed by atoms with van der Waals surface area (Å²) in [5.74, 6) is 2.50.